The summed E-state index contributed by atoms with van der Waals surface area (Å²) in [6.07, 6.45) is 0.0948. The Bertz CT molecular complexity index is 1350. The molecule has 1 heterocycles. The summed E-state index contributed by atoms with van der Waals surface area (Å²) in [6, 6.07) is 16.3. The zero-order chi connectivity index (χ0) is 25.0. The molecule has 3 aromatic carbocycles. The number of hydrogen-bond acceptors (Lipinski definition) is 5. The minimum absolute atomic E-state index is 0.0497. The van der Waals surface area contributed by atoms with Gasteiger partial charge in [0.25, 0.3) is 5.91 Å². The van der Waals surface area contributed by atoms with Gasteiger partial charge in [0.2, 0.25) is 10.0 Å². The standard InChI is InChI=1S/C25H22F2N2O5S/c26-18-9-11-19(12-10-18)35(32,33)29-14-13-17-5-1-2-6-20(17)23(29)15-25(31)34-16-24(30)28-22-8-4-3-7-21(22)27/h1-12,23H,13-16H2,(H,28,30). The molecular weight excluding hydrogens is 478 g/mol. The zero-order valence-corrected chi connectivity index (χ0v) is 19.3. The molecule has 1 N–H and O–H groups in total. The zero-order valence-electron chi connectivity index (χ0n) is 18.5. The molecule has 0 aliphatic carbocycles. The molecule has 1 atom stereocenters. The van der Waals surface area contributed by atoms with E-state index in [-0.39, 0.29) is 23.5 Å². The average Bonchev–Trinajstić information content (AvgIpc) is 2.84. The lowest BCUT2D eigenvalue weighted by Gasteiger charge is -2.36. The maximum atomic E-state index is 13.7. The summed E-state index contributed by atoms with van der Waals surface area (Å²) in [5.74, 6) is -2.73. The summed E-state index contributed by atoms with van der Waals surface area (Å²) in [5.41, 5.74) is 1.50. The molecule has 0 saturated carbocycles. The number of nitrogens with zero attached hydrogens (tertiary/aromatic N) is 1. The normalized spacial score (nSPS) is 15.8. The first-order valence-corrected chi connectivity index (χ1v) is 12.2. The number of fused-ring (bicyclic) bond motifs is 1. The van der Waals surface area contributed by atoms with Gasteiger partial charge in [-0.3, -0.25) is 9.59 Å². The lowest BCUT2D eigenvalue weighted by atomic mass is 9.92. The second-order valence-corrected chi connectivity index (χ2v) is 9.82. The van der Waals surface area contributed by atoms with Gasteiger partial charge in [0.05, 0.1) is 23.0 Å². The average molecular weight is 501 g/mol. The number of hydrogen-bond donors (Lipinski definition) is 1. The molecule has 4 rings (SSSR count). The predicted molar refractivity (Wildman–Crippen MR) is 124 cm³/mol. The fourth-order valence-corrected chi connectivity index (χ4v) is 5.59. The molecule has 1 unspecified atom stereocenters. The third-order valence-corrected chi connectivity index (χ3v) is 7.58. The summed E-state index contributed by atoms with van der Waals surface area (Å²) >= 11 is 0. The van der Waals surface area contributed by atoms with E-state index in [1.807, 2.05) is 12.1 Å². The Morgan fingerprint density at radius 2 is 1.66 bits per heavy atom. The Morgan fingerprint density at radius 3 is 2.40 bits per heavy atom. The molecular formula is C25H22F2N2O5S. The highest BCUT2D eigenvalue weighted by atomic mass is 32.2. The molecule has 0 fully saturated rings. The number of halogens is 2. The minimum Gasteiger partial charge on any atom is -0.456 e. The van der Waals surface area contributed by atoms with Crippen LogP contribution in [0.5, 0.6) is 0 Å². The van der Waals surface area contributed by atoms with E-state index in [2.05, 4.69) is 5.32 Å². The van der Waals surface area contributed by atoms with Gasteiger partial charge in [0, 0.05) is 6.54 Å². The van der Waals surface area contributed by atoms with Crippen molar-refractivity contribution in [3.05, 3.63) is 95.6 Å². The number of para-hydroxylation sites is 1. The van der Waals surface area contributed by atoms with Gasteiger partial charge in [-0.2, -0.15) is 4.31 Å². The molecule has 0 spiro atoms. The van der Waals surface area contributed by atoms with Crippen molar-refractivity contribution in [1.29, 1.82) is 0 Å². The number of esters is 1. The Kier molecular flexibility index (Phi) is 7.23. The van der Waals surface area contributed by atoms with E-state index < -0.39 is 46.2 Å². The van der Waals surface area contributed by atoms with E-state index in [0.717, 1.165) is 17.7 Å². The van der Waals surface area contributed by atoms with Crippen LogP contribution in [-0.2, 0) is 30.8 Å². The summed E-state index contributed by atoms with van der Waals surface area (Å²) in [7, 11) is -4.06. The summed E-state index contributed by atoms with van der Waals surface area (Å²) in [4.78, 5) is 24.7. The highest BCUT2D eigenvalue weighted by Crippen LogP contribution is 2.36. The van der Waals surface area contributed by atoms with E-state index >= 15 is 0 Å². The molecule has 0 aromatic heterocycles. The lowest BCUT2D eigenvalue weighted by molar-refractivity contribution is -0.148. The monoisotopic (exact) mass is 500 g/mol. The van der Waals surface area contributed by atoms with Crippen molar-refractivity contribution < 1.29 is 31.5 Å². The second-order valence-electron chi connectivity index (χ2n) is 7.93. The van der Waals surface area contributed by atoms with Gasteiger partial charge in [-0.25, -0.2) is 17.2 Å². The fourth-order valence-electron chi connectivity index (χ4n) is 3.98. The maximum Gasteiger partial charge on any atom is 0.308 e. The van der Waals surface area contributed by atoms with E-state index in [1.54, 1.807) is 18.2 Å². The Labute approximate surface area is 201 Å². The molecule has 35 heavy (non-hydrogen) atoms. The van der Waals surface area contributed by atoms with E-state index in [4.69, 9.17) is 4.74 Å². The van der Waals surface area contributed by atoms with Crippen molar-refractivity contribution in [1.82, 2.24) is 4.31 Å². The number of anilines is 1. The van der Waals surface area contributed by atoms with Gasteiger partial charge < -0.3 is 10.1 Å². The molecule has 1 amide bonds. The van der Waals surface area contributed by atoms with Crippen molar-refractivity contribution in [3.8, 4) is 0 Å². The van der Waals surface area contributed by atoms with Gasteiger partial charge in [-0.1, -0.05) is 36.4 Å². The van der Waals surface area contributed by atoms with Crippen molar-refractivity contribution >= 4 is 27.6 Å². The topological polar surface area (TPSA) is 92.8 Å². The fraction of sp³-hybridized carbons (Fsp3) is 0.200. The van der Waals surface area contributed by atoms with Crippen LogP contribution in [0, 0.1) is 11.6 Å². The maximum absolute atomic E-state index is 13.7. The van der Waals surface area contributed by atoms with Crippen LogP contribution in [0.1, 0.15) is 23.6 Å². The van der Waals surface area contributed by atoms with Crippen LogP contribution in [0.25, 0.3) is 0 Å². The summed E-state index contributed by atoms with van der Waals surface area (Å²) in [5, 5.41) is 2.32. The number of benzene rings is 3. The largest absolute Gasteiger partial charge is 0.456 e. The molecule has 182 valence electrons. The van der Waals surface area contributed by atoms with E-state index in [9.17, 15) is 26.8 Å². The smallest absolute Gasteiger partial charge is 0.308 e. The first-order valence-electron chi connectivity index (χ1n) is 10.8. The number of carbonyl (C=O) groups excluding carboxylic acids is 2. The third kappa shape index (κ3) is 5.55. The molecule has 1 aliphatic heterocycles. The summed E-state index contributed by atoms with van der Waals surface area (Å²) < 4.78 is 60.0. The second kappa shape index (κ2) is 10.3. The molecule has 0 saturated heterocycles. The van der Waals surface area contributed by atoms with Crippen molar-refractivity contribution in [2.24, 2.45) is 0 Å². The van der Waals surface area contributed by atoms with Gasteiger partial charge in [-0.15, -0.1) is 0 Å². The first-order chi connectivity index (χ1) is 16.8. The third-order valence-electron chi connectivity index (χ3n) is 5.66. The summed E-state index contributed by atoms with van der Waals surface area (Å²) in [6.45, 7) is -0.547. The molecule has 10 heteroatoms. The van der Waals surface area contributed by atoms with Crippen LogP contribution in [0.4, 0.5) is 14.5 Å². The van der Waals surface area contributed by atoms with Gasteiger partial charge in [-0.05, 0) is 53.9 Å². The van der Waals surface area contributed by atoms with Gasteiger partial charge in [0.15, 0.2) is 6.61 Å². The number of ether oxygens (including phenoxy) is 1. The lowest BCUT2D eigenvalue weighted by Crippen LogP contribution is -2.41. The minimum atomic E-state index is -4.06. The highest BCUT2D eigenvalue weighted by molar-refractivity contribution is 7.89. The predicted octanol–water partition coefficient (Wildman–Crippen LogP) is 3.82. The van der Waals surface area contributed by atoms with Crippen molar-refractivity contribution in [2.75, 3.05) is 18.5 Å². The Morgan fingerprint density at radius 1 is 0.971 bits per heavy atom. The van der Waals surface area contributed by atoms with Crippen LogP contribution < -0.4 is 5.32 Å². The van der Waals surface area contributed by atoms with Gasteiger partial charge >= 0.3 is 5.97 Å². The van der Waals surface area contributed by atoms with E-state index in [1.165, 1.54) is 34.6 Å². The van der Waals surface area contributed by atoms with Crippen molar-refractivity contribution in [2.45, 2.75) is 23.8 Å². The van der Waals surface area contributed by atoms with Crippen LogP contribution in [-0.4, -0.2) is 37.8 Å². The number of sulfonamides is 1. The number of amides is 1. The number of carbonyl (C=O) groups is 2. The van der Waals surface area contributed by atoms with Crippen LogP contribution >= 0.6 is 0 Å². The molecule has 1 aliphatic rings. The molecule has 0 radical (unpaired) electrons. The van der Waals surface area contributed by atoms with Crippen LogP contribution in [0.15, 0.2) is 77.7 Å². The SMILES string of the molecule is O=C(COC(=O)CC1c2ccccc2CCN1S(=O)(=O)c1ccc(F)cc1)Nc1ccccc1F. The number of nitrogens with one attached hydrogen (secondary N) is 1. The molecule has 3 aromatic rings. The molecule has 0 bridgehead atoms. The number of rotatable bonds is 7. The van der Waals surface area contributed by atoms with Crippen LogP contribution in [0.3, 0.4) is 0 Å². The highest BCUT2D eigenvalue weighted by Gasteiger charge is 2.37. The molecule has 7 nitrogen and oxygen atoms in total. The quantitative estimate of drug-likeness (QED) is 0.498. The Hall–Kier alpha value is -3.63. The van der Waals surface area contributed by atoms with Gasteiger partial charge in [0.1, 0.15) is 11.6 Å². The van der Waals surface area contributed by atoms with Crippen molar-refractivity contribution in [3.63, 3.8) is 0 Å². The first kappa shape index (κ1) is 24.5. The Balaban J connectivity index is 1.50. The van der Waals surface area contributed by atoms with E-state index in [0.29, 0.717) is 12.0 Å². The van der Waals surface area contributed by atoms with Crippen LogP contribution in [0.2, 0.25) is 0 Å².